The highest BCUT2D eigenvalue weighted by atomic mass is 16.1. The van der Waals surface area contributed by atoms with E-state index in [-0.39, 0.29) is 5.91 Å². The van der Waals surface area contributed by atoms with Gasteiger partial charge in [-0.15, -0.1) is 0 Å². The van der Waals surface area contributed by atoms with Gasteiger partial charge in [-0.1, -0.05) is 48.5 Å². The van der Waals surface area contributed by atoms with Gasteiger partial charge in [0.1, 0.15) is 5.41 Å². The van der Waals surface area contributed by atoms with E-state index in [1.165, 1.54) is 0 Å². The summed E-state index contributed by atoms with van der Waals surface area (Å²) in [5, 5.41) is 2.31. The lowest BCUT2D eigenvalue weighted by Gasteiger charge is -2.28. The van der Waals surface area contributed by atoms with Crippen LogP contribution in [0, 0.1) is 0 Å². The number of benzene rings is 2. The van der Waals surface area contributed by atoms with Crippen molar-refractivity contribution in [3.63, 3.8) is 0 Å². The van der Waals surface area contributed by atoms with Crippen molar-refractivity contribution in [3.8, 4) is 11.1 Å². The number of carbonyl (C=O) groups excluding carboxylic acids is 1. The molecule has 3 nitrogen and oxygen atoms in total. The molecule has 0 bridgehead atoms. The summed E-state index contributed by atoms with van der Waals surface area (Å²) in [6.07, 6.45) is 1.73. The Bertz CT molecular complexity index is 676. The first-order valence-corrected chi connectivity index (χ1v) is 8.40. The van der Waals surface area contributed by atoms with Gasteiger partial charge in [0, 0.05) is 0 Å². The van der Waals surface area contributed by atoms with E-state index < -0.39 is 5.41 Å². The molecule has 0 aromatic heterocycles. The fraction of sp³-hybridized carbons (Fsp3) is 0.350. The molecule has 23 heavy (non-hydrogen) atoms. The van der Waals surface area contributed by atoms with Gasteiger partial charge in [-0.2, -0.15) is 0 Å². The summed E-state index contributed by atoms with van der Waals surface area (Å²) in [4.78, 5) is 12.6. The molecule has 3 rings (SSSR count). The average Bonchev–Trinajstić information content (AvgIpc) is 2.83. The van der Waals surface area contributed by atoms with Crippen LogP contribution in [-0.4, -0.2) is 18.5 Å². The van der Waals surface area contributed by atoms with E-state index in [0.717, 1.165) is 41.6 Å². The molecular formula is C20H25N2O+. The molecule has 0 aliphatic heterocycles. The lowest BCUT2D eigenvalue weighted by molar-refractivity contribution is -0.683. The number of carbonyl (C=O) groups is 1. The molecule has 0 unspecified atom stereocenters. The van der Waals surface area contributed by atoms with Crippen molar-refractivity contribution in [1.29, 1.82) is 0 Å². The smallest absolute Gasteiger partial charge is 0.232 e. The molecule has 1 amide bonds. The Balaban J connectivity index is 2.03. The molecule has 0 spiro atoms. The number of fused-ring (bicyclic) bond motifs is 3. The third-order valence-corrected chi connectivity index (χ3v) is 4.88. The van der Waals surface area contributed by atoms with Crippen molar-refractivity contribution in [2.45, 2.75) is 38.1 Å². The van der Waals surface area contributed by atoms with Gasteiger partial charge in [0.05, 0.1) is 12.6 Å². The molecule has 4 N–H and O–H groups in total. The summed E-state index contributed by atoms with van der Waals surface area (Å²) < 4.78 is 0. The van der Waals surface area contributed by atoms with Crippen LogP contribution >= 0.6 is 0 Å². The zero-order chi connectivity index (χ0) is 16.4. The minimum absolute atomic E-state index is 0.237. The van der Waals surface area contributed by atoms with Crippen molar-refractivity contribution in [1.82, 2.24) is 0 Å². The molecule has 1 aliphatic rings. The highest BCUT2D eigenvalue weighted by molar-refractivity contribution is 5.99. The van der Waals surface area contributed by atoms with Crippen LogP contribution in [0.1, 0.15) is 37.8 Å². The van der Waals surface area contributed by atoms with Gasteiger partial charge in [0.25, 0.3) is 0 Å². The van der Waals surface area contributed by atoms with Crippen LogP contribution in [0.3, 0.4) is 0 Å². The van der Waals surface area contributed by atoms with E-state index in [4.69, 9.17) is 5.73 Å². The van der Waals surface area contributed by atoms with E-state index in [9.17, 15) is 4.79 Å². The second kappa shape index (κ2) is 6.17. The van der Waals surface area contributed by atoms with E-state index in [1.54, 1.807) is 0 Å². The highest BCUT2D eigenvalue weighted by Gasteiger charge is 2.47. The first-order valence-electron chi connectivity index (χ1n) is 8.40. The summed E-state index contributed by atoms with van der Waals surface area (Å²) in [6, 6.07) is 16.9. The molecule has 0 fully saturated rings. The Morgan fingerprint density at radius 2 is 1.57 bits per heavy atom. The van der Waals surface area contributed by atoms with E-state index in [0.29, 0.717) is 6.04 Å². The summed E-state index contributed by atoms with van der Waals surface area (Å²) >= 11 is 0. The van der Waals surface area contributed by atoms with Crippen LogP contribution in [0.2, 0.25) is 0 Å². The minimum Gasteiger partial charge on any atom is -0.369 e. The molecule has 0 radical (unpaired) electrons. The molecule has 0 atom stereocenters. The highest BCUT2D eigenvalue weighted by Crippen LogP contribution is 2.50. The standard InChI is InChI=1S/C20H24N2O/c1-14(2)22-13-7-12-20(19(21)23)17-10-5-3-8-15(17)16-9-4-6-11-18(16)20/h3-6,8-11,14,22H,7,12-13H2,1-2H3,(H2,21,23)/p+1. The predicted molar refractivity (Wildman–Crippen MR) is 93.0 cm³/mol. The van der Waals surface area contributed by atoms with Crippen molar-refractivity contribution < 1.29 is 10.1 Å². The minimum atomic E-state index is -0.683. The third-order valence-electron chi connectivity index (χ3n) is 4.88. The largest absolute Gasteiger partial charge is 0.369 e. The molecule has 0 saturated heterocycles. The van der Waals surface area contributed by atoms with Crippen LogP contribution in [0.5, 0.6) is 0 Å². The lowest BCUT2D eigenvalue weighted by atomic mass is 9.74. The Kier molecular flexibility index (Phi) is 4.22. The maximum absolute atomic E-state index is 12.6. The number of nitrogens with two attached hydrogens (primary N) is 2. The van der Waals surface area contributed by atoms with Gasteiger partial charge in [-0.25, -0.2) is 0 Å². The van der Waals surface area contributed by atoms with Gasteiger partial charge in [-0.05, 0) is 48.9 Å². The topological polar surface area (TPSA) is 59.7 Å². The fourth-order valence-electron chi connectivity index (χ4n) is 3.80. The van der Waals surface area contributed by atoms with Crippen LogP contribution < -0.4 is 11.1 Å². The second-order valence-electron chi connectivity index (χ2n) is 6.73. The summed E-state index contributed by atoms with van der Waals surface area (Å²) in [5.41, 5.74) is 9.70. The number of primary amides is 1. The molecule has 2 aromatic rings. The Hall–Kier alpha value is -2.13. The summed E-state index contributed by atoms with van der Waals surface area (Å²) in [7, 11) is 0. The van der Waals surface area contributed by atoms with Crippen LogP contribution in [0.15, 0.2) is 48.5 Å². The van der Waals surface area contributed by atoms with Gasteiger partial charge in [0.2, 0.25) is 5.91 Å². The molecule has 0 saturated carbocycles. The lowest BCUT2D eigenvalue weighted by Crippen LogP contribution is -2.88. The van der Waals surface area contributed by atoms with Gasteiger partial charge >= 0.3 is 0 Å². The monoisotopic (exact) mass is 309 g/mol. The Labute approximate surface area is 137 Å². The molecular weight excluding hydrogens is 284 g/mol. The quantitative estimate of drug-likeness (QED) is 0.790. The third kappa shape index (κ3) is 2.55. The number of hydrogen-bond donors (Lipinski definition) is 2. The fourth-order valence-corrected chi connectivity index (χ4v) is 3.80. The zero-order valence-corrected chi connectivity index (χ0v) is 13.9. The maximum Gasteiger partial charge on any atom is 0.232 e. The van der Waals surface area contributed by atoms with Gasteiger partial charge in [-0.3, -0.25) is 4.79 Å². The Morgan fingerprint density at radius 1 is 1.04 bits per heavy atom. The zero-order valence-electron chi connectivity index (χ0n) is 13.9. The molecule has 0 heterocycles. The van der Waals surface area contributed by atoms with Crippen molar-refractivity contribution in [2.24, 2.45) is 5.73 Å². The number of hydrogen-bond acceptors (Lipinski definition) is 1. The normalized spacial score (nSPS) is 14.6. The van der Waals surface area contributed by atoms with Crippen LogP contribution in [-0.2, 0) is 10.2 Å². The predicted octanol–water partition coefficient (Wildman–Crippen LogP) is 2.19. The number of rotatable bonds is 6. The first-order chi connectivity index (χ1) is 11.1. The maximum atomic E-state index is 12.6. The van der Waals surface area contributed by atoms with Gasteiger partial charge < -0.3 is 11.1 Å². The SMILES string of the molecule is CC(C)[NH2+]CCCC1(C(N)=O)c2ccccc2-c2ccccc21. The molecule has 3 heteroatoms. The van der Waals surface area contributed by atoms with Crippen LogP contribution in [0.4, 0.5) is 0 Å². The van der Waals surface area contributed by atoms with E-state index in [2.05, 4.69) is 43.4 Å². The number of quaternary nitrogens is 1. The summed E-state index contributed by atoms with van der Waals surface area (Å²) in [5.74, 6) is -0.237. The van der Waals surface area contributed by atoms with Crippen molar-refractivity contribution in [2.75, 3.05) is 6.54 Å². The second-order valence-corrected chi connectivity index (χ2v) is 6.73. The van der Waals surface area contributed by atoms with Crippen molar-refractivity contribution >= 4 is 5.91 Å². The number of amides is 1. The first kappa shape index (κ1) is 15.8. The average molecular weight is 309 g/mol. The summed E-state index contributed by atoms with van der Waals surface area (Å²) in [6.45, 7) is 5.38. The molecule has 120 valence electrons. The van der Waals surface area contributed by atoms with E-state index in [1.807, 2.05) is 24.3 Å². The Morgan fingerprint density at radius 3 is 2.04 bits per heavy atom. The van der Waals surface area contributed by atoms with E-state index >= 15 is 0 Å². The molecule has 2 aromatic carbocycles. The van der Waals surface area contributed by atoms with Gasteiger partial charge in [0.15, 0.2) is 0 Å². The van der Waals surface area contributed by atoms with Crippen LogP contribution in [0.25, 0.3) is 11.1 Å². The molecule has 1 aliphatic carbocycles. The van der Waals surface area contributed by atoms with Crippen molar-refractivity contribution in [3.05, 3.63) is 59.7 Å².